The van der Waals surface area contributed by atoms with Gasteiger partial charge in [-0.3, -0.25) is 4.79 Å². The number of sulfone groups is 1. The molecule has 0 aliphatic rings. The Morgan fingerprint density at radius 2 is 1.86 bits per heavy atom. The molecule has 0 saturated carbocycles. The largest absolute Gasteiger partial charge is 0.479 e. The van der Waals surface area contributed by atoms with E-state index < -0.39 is 14.9 Å². The molecule has 1 aromatic carbocycles. The molecule has 21 heavy (non-hydrogen) atoms. The van der Waals surface area contributed by atoms with Crippen LogP contribution in [0, 0.1) is 0 Å². The van der Waals surface area contributed by atoms with Crippen molar-refractivity contribution in [3.05, 3.63) is 36.2 Å². The molecule has 110 valence electrons. The van der Waals surface area contributed by atoms with Crippen LogP contribution >= 0.6 is 0 Å². The lowest BCUT2D eigenvalue weighted by molar-refractivity contribution is 0.101. The van der Waals surface area contributed by atoms with Crippen molar-refractivity contribution in [2.75, 3.05) is 12.8 Å². The number of aromatic nitrogens is 2. The highest BCUT2D eigenvalue weighted by atomic mass is 32.2. The molecule has 8 heteroatoms. The van der Waals surface area contributed by atoms with Crippen molar-refractivity contribution in [3.8, 4) is 5.88 Å². The van der Waals surface area contributed by atoms with E-state index in [-0.39, 0.29) is 22.3 Å². The van der Waals surface area contributed by atoms with E-state index in [9.17, 15) is 13.2 Å². The van der Waals surface area contributed by atoms with Crippen LogP contribution in [0.15, 0.2) is 40.4 Å². The molecule has 0 bridgehead atoms. The number of benzene rings is 1. The van der Waals surface area contributed by atoms with Gasteiger partial charge in [0.2, 0.25) is 14.9 Å². The second-order valence-corrected chi connectivity index (χ2v) is 6.06. The normalized spacial score (nSPS) is 11.1. The molecule has 0 fully saturated rings. The van der Waals surface area contributed by atoms with Gasteiger partial charge in [0.25, 0.3) is 5.88 Å². The summed E-state index contributed by atoms with van der Waals surface area (Å²) < 4.78 is 30.1. The molecular formula is C13H13N3O4S. The molecule has 2 N–H and O–H groups in total. The number of methoxy groups -OCH3 is 1. The molecule has 0 atom stereocenters. The zero-order valence-corrected chi connectivity index (χ0v) is 12.2. The lowest BCUT2D eigenvalue weighted by Crippen LogP contribution is -2.11. The van der Waals surface area contributed by atoms with Gasteiger partial charge >= 0.3 is 0 Å². The number of ketones is 1. The monoisotopic (exact) mass is 307 g/mol. The minimum absolute atomic E-state index is 0.00926. The van der Waals surface area contributed by atoms with Crippen LogP contribution in [0.4, 0.5) is 5.69 Å². The Labute approximate surface area is 121 Å². The molecule has 0 aliphatic carbocycles. The summed E-state index contributed by atoms with van der Waals surface area (Å²) in [7, 11) is -2.68. The first-order valence-electron chi connectivity index (χ1n) is 5.89. The van der Waals surface area contributed by atoms with Crippen molar-refractivity contribution in [1.29, 1.82) is 0 Å². The third kappa shape index (κ3) is 2.84. The zero-order chi connectivity index (χ0) is 15.6. The maximum Gasteiger partial charge on any atom is 0.252 e. The predicted octanol–water partition coefficient (Wildman–Crippen LogP) is 1.10. The minimum atomic E-state index is -3.96. The Morgan fingerprint density at radius 1 is 1.24 bits per heavy atom. The van der Waals surface area contributed by atoms with Gasteiger partial charge in [0.05, 0.1) is 18.2 Å². The molecule has 0 radical (unpaired) electrons. The Morgan fingerprint density at radius 3 is 2.38 bits per heavy atom. The highest BCUT2D eigenvalue weighted by molar-refractivity contribution is 7.91. The number of nitrogens with zero attached hydrogens (tertiary/aromatic N) is 2. The summed E-state index contributed by atoms with van der Waals surface area (Å²) in [6.45, 7) is 1.27. The van der Waals surface area contributed by atoms with Crippen LogP contribution in [0.25, 0.3) is 0 Å². The van der Waals surface area contributed by atoms with Gasteiger partial charge in [-0.15, -0.1) is 0 Å². The number of carbonyl (C=O) groups excluding carboxylic acids is 1. The van der Waals surface area contributed by atoms with Gasteiger partial charge in [-0.1, -0.05) is 0 Å². The fourth-order valence-corrected chi connectivity index (χ4v) is 2.91. The molecule has 7 nitrogen and oxygen atoms in total. The maximum absolute atomic E-state index is 12.6. The third-order valence-corrected chi connectivity index (χ3v) is 4.38. The summed E-state index contributed by atoms with van der Waals surface area (Å²) >= 11 is 0. The summed E-state index contributed by atoms with van der Waals surface area (Å²) in [5, 5.41) is -0.400. The molecule has 0 aliphatic heterocycles. The molecule has 0 saturated heterocycles. The van der Waals surface area contributed by atoms with Crippen LogP contribution in [0.2, 0.25) is 0 Å². The van der Waals surface area contributed by atoms with Gasteiger partial charge in [-0.25, -0.2) is 18.4 Å². The van der Waals surface area contributed by atoms with Crippen LogP contribution in [0.1, 0.15) is 17.4 Å². The van der Waals surface area contributed by atoms with Crippen molar-refractivity contribution in [2.24, 2.45) is 0 Å². The second kappa shape index (κ2) is 5.49. The highest BCUT2D eigenvalue weighted by Gasteiger charge is 2.26. The van der Waals surface area contributed by atoms with E-state index in [0.717, 1.165) is 0 Å². The van der Waals surface area contributed by atoms with Gasteiger partial charge in [0.1, 0.15) is 5.69 Å². The molecule has 1 aromatic heterocycles. The fraction of sp³-hybridized carbons (Fsp3) is 0.154. The molecular weight excluding hydrogens is 294 g/mol. The van der Waals surface area contributed by atoms with Crippen LogP contribution < -0.4 is 10.5 Å². The fourth-order valence-electron chi connectivity index (χ4n) is 1.60. The molecule has 0 amide bonds. The number of ether oxygens (including phenoxy) is 1. The lowest BCUT2D eigenvalue weighted by Gasteiger charge is -2.09. The van der Waals surface area contributed by atoms with Gasteiger partial charge in [0.15, 0.2) is 5.78 Å². The quantitative estimate of drug-likeness (QED) is 0.664. The number of nitrogen functional groups attached to an aromatic ring is 1. The van der Waals surface area contributed by atoms with E-state index in [1.165, 1.54) is 44.5 Å². The SMILES string of the molecule is COc1ncc(C(C)=O)nc1S(=O)(=O)c1ccc(N)cc1. The van der Waals surface area contributed by atoms with Gasteiger partial charge in [-0.05, 0) is 24.3 Å². The van der Waals surface area contributed by atoms with Crippen LogP contribution in [0.5, 0.6) is 5.88 Å². The first-order valence-corrected chi connectivity index (χ1v) is 7.37. The summed E-state index contributed by atoms with van der Waals surface area (Å²) in [4.78, 5) is 19.0. The Hall–Kier alpha value is -2.48. The average Bonchev–Trinajstić information content (AvgIpc) is 2.46. The summed E-state index contributed by atoms with van der Waals surface area (Å²) in [5.74, 6) is -0.560. The van der Waals surface area contributed by atoms with E-state index in [2.05, 4.69) is 9.97 Å². The molecule has 1 heterocycles. The number of nitrogens with two attached hydrogens (primary N) is 1. The predicted molar refractivity (Wildman–Crippen MR) is 74.9 cm³/mol. The first-order chi connectivity index (χ1) is 9.86. The van der Waals surface area contributed by atoms with Gasteiger partial charge < -0.3 is 10.5 Å². The topological polar surface area (TPSA) is 112 Å². The zero-order valence-electron chi connectivity index (χ0n) is 11.4. The van der Waals surface area contributed by atoms with Crippen molar-refractivity contribution < 1.29 is 17.9 Å². The van der Waals surface area contributed by atoms with E-state index in [1.807, 2.05) is 0 Å². The molecule has 0 unspecified atom stereocenters. The number of hydrogen-bond donors (Lipinski definition) is 1. The summed E-state index contributed by atoms with van der Waals surface area (Å²) in [6, 6.07) is 5.63. The molecule has 0 spiro atoms. The molecule has 2 aromatic rings. The van der Waals surface area contributed by atoms with Crippen molar-refractivity contribution in [2.45, 2.75) is 16.8 Å². The standard InChI is InChI=1S/C13H13N3O4S/c1-8(17)11-7-15-12(20-2)13(16-11)21(18,19)10-5-3-9(14)4-6-10/h3-7H,14H2,1-2H3. The van der Waals surface area contributed by atoms with E-state index in [4.69, 9.17) is 10.5 Å². The van der Waals surface area contributed by atoms with Crippen molar-refractivity contribution >= 4 is 21.3 Å². The maximum atomic E-state index is 12.6. The van der Waals surface area contributed by atoms with E-state index in [1.54, 1.807) is 0 Å². The number of rotatable bonds is 4. The summed E-state index contributed by atoms with van der Waals surface area (Å²) in [5.41, 5.74) is 5.92. The van der Waals surface area contributed by atoms with Crippen molar-refractivity contribution in [3.63, 3.8) is 0 Å². The Balaban J connectivity index is 2.65. The van der Waals surface area contributed by atoms with Crippen LogP contribution in [-0.4, -0.2) is 31.3 Å². The number of carbonyl (C=O) groups is 1. The number of Topliss-reactive ketones (excluding diaryl/α,β-unsaturated/α-hetero) is 1. The van der Waals surface area contributed by atoms with E-state index in [0.29, 0.717) is 5.69 Å². The Bertz CT molecular complexity index is 786. The number of hydrogen-bond acceptors (Lipinski definition) is 7. The molecule has 2 rings (SSSR count). The minimum Gasteiger partial charge on any atom is -0.479 e. The van der Waals surface area contributed by atoms with Gasteiger partial charge in [0, 0.05) is 12.6 Å². The number of anilines is 1. The average molecular weight is 307 g/mol. The van der Waals surface area contributed by atoms with Crippen LogP contribution in [-0.2, 0) is 9.84 Å². The smallest absolute Gasteiger partial charge is 0.252 e. The summed E-state index contributed by atoms with van der Waals surface area (Å²) in [6.07, 6.45) is 1.17. The van der Waals surface area contributed by atoms with Gasteiger partial charge in [-0.2, -0.15) is 0 Å². The van der Waals surface area contributed by atoms with E-state index >= 15 is 0 Å². The third-order valence-electron chi connectivity index (χ3n) is 2.71. The van der Waals surface area contributed by atoms with Crippen LogP contribution in [0.3, 0.4) is 0 Å². The first kappa shape index (κ1) is 14.9. The highest BCUT2D eigenvalue weighted by Crippen LogP contribution is 2.26. The van der Waals surface area contributed by atoms with Crippen molar-refractivity contribution in [1.82, 2.24) is 9.97 Å². The lowest BCUT2D eigenvalue weighted by atomic mass is 10.3. The Kier molecular flexibility index (Phi) is 3.90. The second-order valence-electron chi connectivity index (χ2n) is 4.20.